The summed E-state index contributed by atoms with van der Waals surface area (Å²) in [5.41, 5.74) is 0.662. The monoisotopic (exact) mass is 382 g/mol. The van der Waals surface area contributed by atoms with Crippen molar-refractivity contribution in [3.05, 3.63) is 46.1 Å². The van der Waals surface area contributed by atoms with Crippen LogP contribution >= 0.6 is 23.2 Å². The van der Waals surface area contributed by atoms with E-state index >= 15 is 0 Å². The van der Waals surface area contributed by atoms with Crippen molar-refractivity contribution in [2.45, 2.75) is 13.0 Å². The van der Waals surface area contributed by atoms with Crippen LogP contribution in [0.15, 0.2) is 34.7 Å². The molecule has 1 aromatic carbocycles. The van der Waals surface area contributed by atoms with Crippen LogP contribution in [0.5, 0.6) is 0 Å². The summed E-state index contributed by atoms with van der Waals surface area (Å²) < 4.78 is 11.0. The number of hydrogen-bond donors (Lipinski definition) is 1. The lowest BCUT2D eigenvalue weighted by atomic mass is 10.2. The summed E-state index contributed by atoms with van der Waals surface area (Å²) in [6.45, 7) is 5.88. The molecule has 0 bridgehead atoms. The SMILES string of the molecule is CC(CNC(=O)c1ccc(-c2cc(Cl)ccc2Cl)o1)N1CCOCC1. The summed E-state index contributed by atoms with van der Waals surface area (Å²) in [5, 5.41) is 3.99. The van der Waals surface area contributed by atoms with Crippen LogP contribution < -0.4 is 5.32 Å². The molecule has 1 aliphatic heterocycles. The summed E-state index contributed by atoms with van der Waals surface area (Å²) in [6.07, 6.45) is 0. The van der Waals surface area contributed by atoms with Crippen molar-refractivity contribution in [1.29, 1.82) is 0 Å². The Morgan fingerprint density at radius 2 is 2.00 bits per heavy atom. The number of halogens is 2. The van der Waals surface area contributed by atoms with Gasteiger partial charge in [0.25, 0.3) is 5.91 Å². The van der Waals surface area contributed by atoms with Crippen molar-refractivity contribution in [3.63, 3.8) is 0 Å². The average Bonchev–Trinajstić information content (AvgIpc) is 3.12. The van der Waals surface area contributed by atoms with Crippen LogP contribution in [0, 0.1) is 0 Å². The second-order valence-corrected chi connectivity index (χ2v) is 6.84. The lowest BCUT2D eigenvalue weighted by Crippen LogP contribution is -2.47. The molecule has 0 spiro atoms. The zero-order chi connectivity index (χ0) is 17.8. The van der Waals surface area contributed by atoms with Crippen molar-refractivity contribution in [1.82, 2.24) is 10.2 Å². The molecule has 1 aromatic heterocycles. The largest absolute Gasteiger partial charge is 0.451 e. The predicted octanol–water partition coefficient (Wildman–Crippen LogP) is 3.70. The van der Waals surface area contributed by atoms with E-state index < -0.39 is 0 Å². The number of amides is 1. The van der Waals surface area contributed by atoms with E-state index in [1.807, 2.05) is 0 Å². The van der Waals surface area contributed by atoms with Crippen LogP contribution in [0.25, 0.3) is 11.3 Å². The fraction of sp³-hybridized carbons (Fsp3) is 0.389. The Kier molecular flexibility index (Phi) is 6.02. The van der Waals surface area contributed by atoms with E-state index in [0.29, 0.717) is 27.9 Å². The molecule has 2 aromatic rings. The standard InChI is InChI=1S/C18H20Cl2N2O3/c1-12(22-6-8-24-9-7-22)11-21-18(23)17-5-4-16(25-17)14-10-13(19)2-3-15(14)20/h2-5,10,12H,6-9,11H2,1H3,(H,21,23). The highest BCUT2D eigenvalue weighted by molar-refractivity contribution is 6.35. The maximum Gasteiger partial charge on any atom is 0.287 e. The molecule has 3 rings (SSSR count). The fourth-order valence-corrected chi connectivity index (χ4v) is 3.15. The smallest absolute Gasteiger partial charge is 0.287 e. The molecule has 0 saturated carbocycles. The molecular formula is C18H20Cl2N2O3. The molecule has 1 aliphatic rings. The number of ether oxygens (including phenoxy) is 1. The molecule has 1 unspecified atom stereocenters. The number of furan rings is 1. The first kappa shape index (κ1) is 18.3. The summed E-state index contributed by atoms with van der Waals surface area (Å²) in [7, 11) is 0. The van der Waals surface area contributed by atoms with Crippen molar-refractivity contribution < 1.29 is 13.9 Å². The number of nitrogens with zero attached hydrogens (tertiary/aromatic N) is 1. The highest BCUT2D eigenvalue weighted by atomic mass is 35.5. The topological polar surface area (TPSA) is 54.7 Å². The molecule has 0 radical (unpaired) electrons. The normalized spacial score (nSPS) is 16.6. The van der Waals surface area contributed by atoms with Crippen molar-refractivity contribution in [2.24, 2.45) is 0 Å². The van der Waals surface area contributed by atoms with Crippen LogP contribution in [-0.4, -0.2) is 49.7 Å². The van der Waals surface area contributed by atoms with E-state index in [9.17, 15) is 4.79 Å². The number of hydrogen-bond acceptors (Lipinski definition) is 4. The lowest BCUT2D eigenvalue weighted by molar-refractivity contribution is 0.0203. The summed E-state index contributed by atoms with van der Waals surface area (Å²) in [4.78, 5) is 14.6. The molecule has 1 fully saturated rings. The van der Waals surface area contributed by atoms with E-state index in [0.717, 1.165) is 26.3 Å². The molecule has 25 heavy (non-hydrogen) atoms. The maximum absolute atomic E-state index is 12.3. The number of benzene rings is 1. The summed E-state index contributed by atoms with van der Waals surface area (Å²) in [6, 6.07) is 8.72. The minimum absolute atomic E-state index is 0.240. The van der Waals surface area contributed by atoms with Crippen LogP contribution in [-0.2, 0) is 4.74 Å². The Balaban J connectivity index is 1.61. The van der Waals surface area contributed by atoms with Gasteiger partial charge in [0.1, 0.15) is 5.76 Å². The number of carbonyl (C=O) groups excluding carboxylic acids is 1. The molecule has 5 nitrogen and oxygen atoms in total. The van der Waals surface area contributed by atoms with Gasteiger partial charge in [-0.15, -0.1) is 0 Å². The molecule has 1 N–H and O–H groups in total. The second-order valence-electron chi connectivity index (χ2n) is 6.00. The molecule has 134 valence electrons. The van der Waals surface area contributed by atoms with Crippen molar-refractivity contribution in [3.8, 4) is 11.3 Å². The van der Waals surface area contributed by atoms with Gasteiger partial charge in [0.2, 0.25) is 0 Å². The van der Waals surface area contributed by atoms with Crippen molar-refractivity contribution in [2.75, 3.05) is 32.8 Å². The van der Waals surface area contributed by atoms with Gasteiger partial charge in [-0.2, -0.15) is 0 Å². The van der Waals surface area contributed by atoms with Gasteiger partial charge in [-0.3, -0.25) is 9.69 Å². The van der Waals surface area contributed by atoms with Crippen LogP contribution in [0.1, 0.15) is 17.5 Å². The minimum Gasteiger partial charge on any atom is -0.451 e. The van der Waals surface area contributed by atoms with E-state index in [1.54, 1.807) is 30.3 Å². The third-order valence-corrected chi connectivity index (χ3v) is 4.82. The molecule has 2 heterocycles. The molecule has 1 amide bonds. The first-order valence-electron chi connectivity index (χ1n) is 8.20. The Morgan fingerprint density at radius 3 is 2.76 bits per heavy atom. The van der Waals surface area contributed by atoms with Gasteiger partial charge in [0.05, 0.1) is 18.2 Å². The average molecular weight is 383 g/mol. The first-order chi connectivity index (χ1) is 12.0. The number of carbonyl (C=O) groups is 1. The Bertz CT molecular complexity index is 742. The highest BCUT2D eigenvalue weighted by Crippen LogP contribution is 2.31. The zero-order valence-electron chi connectivity index (χ0n) is 13.9. The summed E-state index contributed by atoms with van der Waals surface area (Å²) >= 11 is 12.2. The maximum atomic E-state index is 12.3. The van der Waals surface area contributed by atoms with Gasteiger partial charge in [0.15, 0.2) is 5.76 Å². The van der Waals surface area contributed by atoms with Gasteiger partial charge in [-0.1, -0.05) is 23.2 Å². The van der Waals surface area contributed by atoms with Gasteiger partial charge < -0.3 is 14.5 Å². The summed E-state index contributed by atoms with van der Waals surface area (Å²) in [5.74, 6) is 0.517. The zero-order valence-corrected chi connectivity index (χ0v) is 15.4. The van der Waals surface area contributed by atoms with E-state index in [-0.39, 0.29) is 17.7 Å². The van der Waals surface area contributed by atoms with Gasteiger partial charge in [0, 0.05) is 36.3 Å². The predicted molar refractivity (Wildman–Crippen MR) is 98.4 cm³/mol. The third kappa shape index (κ3) is 4.55. The molecule has 1 atom stereocenters. The van der Waals surface area contributed by atoms with Crippen LogP contribution in [0.3, 0.4) is 0 Å². The Morgan fingerprint density at radius 1 is 1.24 bits per heavy atom. The van der Waals surface area contributed by atoms with Crippen molar-refractivity contribution >= 4 is 29.1 Å². The number of nitrogens with one attached hydrogen (secondary N) is 1. The Hall–Kier alpha value is -1.53. The molecule has 7 heteroatoms. The Labute approximate surface area is 156 Å². The van der Waals surface area contributed by atoms with Gasteiger partial charge in [-0.25, -0.2) is 0 Å². The van der Waals surface area contributed by atoms with E-state index in [4.69, 9.17) is 32.4 Å². The molecule has 1 saturated heterocycles. The van der Waals surface area contributed by atoms with E-state index in [2.05, 4.69) is 17.1 Å². The minimum atomic E-state index is -0.246. The molecular weight excluding hydrogens is 363 g/mol. The lowest BCUT2D eigenvalue weighted by Gasteiger charge is -2.32. The second kappa shape index (κ2) is 8.23. The van der Waals surface area contributed by atoms with Gasteiger partial charge >= 0.3 is 0 Å². The molecule has 0 aliphatic carbocycles. The fourth-order valence-electron chi connectivity index (χ4n) is 2.77. The van der Waals surface area contributed by atoms with Crippen LogP contribution in [0.4, 0.5) is 0 Å². The number of rotatable bonds is 5. The first-order valence-corrected chi connectivity index (χ1v) is 8.95. The number of morpholine rings is 1. The third-order valence-electron chi connectivity index (χ3n) is 4.25. The highest BCUT2D eigenvalue weighted by Gasteiger charge is 2.19. The van der Waals surface area contributed by atoms with Crippen LogP contribution in [0.2, 0.25) is 10.0 Å². The van der Waals surface area contributed by atoms with E-state index in [1.165, 1.54) is 0 Å². The van der Waals surface area contributed by atoms with Gasteiger partial charge in [-0.05, 0) is 37.3 Å². The quantitative estimate of drug-likeness (QED) is 0.856.